The van der Waals surface area contributed by atoms with E-state index < -0.39 is 23.4 Å². The molecule has 22 heavy (non-hydrogen) atoms. The Morgan fingerprint density at radius 3 is 2.59 bits per heavy atom. The van der Waals surface area contributed by atoms with Crippen LogP contribution < -0.4 is 10.6 Å². The van der Waals surface area contributed by atoms with E-state index >= 15 is 0 Å². The molecule has 1 aliphatic heterocycles. The second kappa shape index (κ2) is 5.90. The van der Waals surface area contributed by atoms with E-state index in [-0.39, 0.29) is 13.1 Å². The number of imide groups is 1. The van der Waals surface area contributed by atoms with Gasteiger partial charge in [0.25, 0.3) is 5.91 Å². The van der Waals surface area contributed by atoms with Crippen LogP contribution in [0.1, 0.15) is 18.1 Å². The third-order valence-corrected chi connectivity index (χ3v) is 3.59. The van der Waals surface area contributed by atoms with Crippen molar-refractivity contribution in [2.45, 2.75) is 19.4 Å². The van der Waals surface area contributed by atoms with Crippen LogP contribution >= 0.6 is 0 Å². The molecular formula is C16H17N3O3. The van der Waals surface area contributed by atoms with E-state index in [2.05, 4.69) is 16.6 Å². The molecule has 1 aromatic rings. The summed E-state index contributed by atoms with van der Waals surface area (Å²) in [7, 11) is 0. The molecule has 0 spiro atoms. The summed E-state index contributed by atoms with van der Waals surface area (Å²) < 4.78 is 0. The molecule has 1 saturated heterocycles. The smallest absolute Gasteiger partial charge is 0.325 e. The fraction of sp³-hybridized carbons (Fsp3) is 0.312. The van der Waals surface area contributed by atoms with E-state index in [1.165, 1.54) is 0 Å². The summed E-state index contributed by atoms with van der Waals surface area (Å²) in [4.78, 5) is 37.1. The number of nitrogens with one attached hydrogen (secondary N) is 2. The van der Waals surface area contributed by atoms with Gasteiger partial charge in [-0.3, -0.25) is 14.5 Å². The van der Waals surface area contributed by atoms with Gasteiger partial charge in [-0.2, -0.15) is 0 Å². The van der Waals surface area contributed by atoms with Gasteiger partial charge in [0.15, 0.2) is 0 Å². The quantitative estimate of drug-likeness (QED) is 0.628. The Hall–Kier alpha value is -2.81. The summed E-state index contributed by atoms with van der Waals surface area (Å²) in [6, 6.07) is 6.71. The molecule has 2 N–H and O–H groups in total. The normalized spacial score (nSPS) is 20.5. The van der Waals surface area contributed by atoms with Gasteiger partial charge in [-0.1, -0.05) is 35.7 Å². The highest BCUT2D eigenvalue weighted by Gasteiger charge is 2.49. The molecule has 1 fully saturated rings. The van der Waals surface area contributed by atoms with Crippen molar-refractivity contribution < 1.29 is 14.4 Å². The Kier molecular flexibility index (Phi) is 4.18. The van der Waals surface area contributed by atoms with Crippen molar-refractivity contribution in [3.63, 3.8) is 0 Å². The molecule has 1 heterocycles. The van der Waals surface area contributed by atoms with Gasteiger partial charge in [0.05, 0.1) is 6.54 Å². The lowest BCUT2D eigenvalue weighted by Crippen LogP contribution is -2.43. The number of terminal acetylenes is 1. The summed E-state index contributed by atoms with van der Waals surface area (Å²) >= 11 is 0. The minimum atomic E-state index is -1.17. The topological polar surface area (TPSA) is 78.5 Å². The van der Waals surface area contributed by atoms with Gasteiger partial charge in [-0.05, 0) is 19.4 Å². The van der Waals surface area contributed by atoms with Gasteiger partial charge in [0.1, 0.15) is 12.1 Å². The predicted molar refractivity (Wildman–Crippen MR) is 80.6 cm³/mol. The summed E-state index contributed by atoms with van der Waals surface area (Å²) in [5.41, 5.74) is 0.551. The van der Waals surface area contributed by atoms with Crippen LogP contribution in [0, 0.1) is 19.3 Å². The SMILES string of the molecule is C#CCNC(=O)CN1C(=O)N[C@@](C)(c2ccc(C)cc2)C1=O. The van der Waals surface area contributed by atoms with Crippen molar-refractivity contribution in [1.82, 2.24) is 15.5 Å². The van der Waals surface area contributed by atoms with Crippen molar-refractivity contribution >= 4 is 17.8 Å². The van der Waals surface area contributed by atoms with E-state index in [9.17, 15) is 14.4 Å². The summed E-state index contributed by atoms with van der Waals surface area (Å²) in [6.07, 6.45) is 5.05. The molecule has 0 aromatic heterocycles. The molecule has 0 radical (unpaired) electrons. The molecule has 114 valence electrons. The molecule has 1 aromatic carbocycles. The largest absolute Gasteiger partial charge is 0.344 e. The number of carbonyl (C=O) groups excluding carboxylic acids is 3. The lowest BCUT2D eigenvalue weighted by atomic mass is 9.91. The Labute approximate surface area is 128 Å². The van der Waals surface area contributed by atoms with Gasteiger partial charge >= 0.3 is 6.03 Å². The third kappa shape index (κ3) is 2.79. The minimum Gasteiger partial charge on any atom is -0.344 e. The summed E-state index contributed by atoms with van der Waals surface area (Å²) in [6.45, 7) is 3.26. The van der Waals surface area contributed by atoms with Gasteiger partial charge in [-0.15, -0.1) is 6.42 Å². The van der Waals surface area contributed by atoms with Crippen molar-refractivity contribution in [1.29, 1.82) is 0 Å². The van der Waals surface area contributed by atoms with Gasteiger partial charge in [0.2, 0.25) is 5.91 Å². The van der Waals surface area contributed by atoms with E-state index in [1.807, 2.05) is 19.1 Å². The zero-order valence-corrected chi connectivity index (χ0v) is 12.5. The highest BCUT2D eigenvalue weighted by atomic mass is 16.2. The maximum absolute atomic E-state index is 12.6. The number of hydrogen-bond acceptors (Lipinski definition) is 3. The summed E-state index contributed by atoms with van der Waals surface area (Å²) in [5.74, 6) is 1.32. The molecule has 1 atom stereocenters. The van der Waals surface area contributed by atoms with Crippen molar-refractivity contribution in [2.75, 3.05) is 13.1 Å². The molecule has 0 unspecified atom stereocenters. The highest BCUT2D eigenvalue weighted by molar-refractivity contribution is 6.09. The van der Waals surface area contributed by atoms with E-state index in [1.54, 1.807) is 19.1 Å². The molecule has 1 aliphatic rings. The van der Waals surface area contributed by atoms with Crippen LogP contribution in [-0.2, 0) is 15.1 Å². The zero-order valence-electron chi connectivity index (χ0n) is 12.5. The highest BCUT2D eigenvalue weighted by Crippen LogP contribution is 2.28. The van der Waals surface area contributed by atoms with Crippen LogP contribution in [0.3, 0.4) is 0 Å². The Morgan fingerprint density at radius 1 is 1.36 bits per heavy atom. The van der Waals surface area contributed by atoms with Crippen molar-refractivity contribution in [2.24, 2.45) is 0 Å². The van der Waals surface area contributed by atoms with Crippen LogP contribution in [0.2, 0.25) is 0 Å². The fourth-order valence-electron chi connectivity index (χ4n) is 2.27. The second-order valence-electron chi connectivity index (χ2n) is 5.29. The molecule has 4 amide bonds. The lowest BCUT2D eigenvalue weighted by Gasteiger charge is -2.22. The van der Waals surface area contributed by atoms with Crippen LogP contribution in [0.5, 0.6) is 0 Å². The maximum atomic E-state index is 12.6. The molecule has 6 heteroatoms. The minimum absolute atomic E-state index is 0.0533. The zero-order chi connectivity index (χ0) is 16.3. The number of nitrogens with zero attached hydrogens (tertiary/aromatic N) is 1. The number of aryl methyl sites for hydroxylation is 1. The van der Waals surface area contributed by atoms with E-state index in [4.69, 9.17) is 6.42 Å². The first-order valence-electron chi connectivity index (χ1n) is 6.80. The Bertz CT molecular complexity index is 660. The number of rotatable bonds is 4. The first-order chi connectivity index (χ1) is 10.4. The monoisotopic (exact) mass is 299 g/mol. The molecule has 0 saturated carbocycles. The average Bonchev–Trinajstić information content (AvgIpc) is 2.70. The van der Waals surface area contributed by atoms with Crippen LogP contribution in [0.15, 0.2) is 24.3 Å². The molecule has 0 bridgehead atoms. The van der Waals surface area contributed by atoms with E-state index in [0.29, 0.717) is 5.56 Å². The van der Waals surface area contributed by atoms with Crippen LogP contribution in [-0.4, -0.2) is 35.8 Å². The predicted octanol–water partition coefficient (Wildman–Crippen LogP) is 0.511. The Morgan fingerprint density at radius 2 is 2.00 bits per heavy atom. The number of urea groups is 1. The average molecular weight is 299 g/mol. The number of benzene rings is 1. The fourth-order valence-corrected chi connectivity index (χ4v) is 2.27. The molecular weight excluding hydrogens is 282 g/mol. The van der Waals surface area contributed by atoms with Crippen molar-refractivity contribution in [3.8, 4) is 12.3 Å². The standard InChI is InChI=1S/C16H17N3O3/c1-4-9-17-13(20)10-19-14(21)16(3,18-15(19)22)12-7-5-11(2)6-8-12/h1,5-8H,9-10H2,2-3H3,(H,17,20)(H,18,22)/t16-/m0/s1. The lowest BCUT2D eigenvalue weighted by molar-refractivity contribution is -0.134. The molecule has 2 rings (SSSR count). The molecule has 0 aliphatic carbocycles. The third-order valence-electron chi connectivity index (χ3n) is 3.59. The first-order valence-corrected chi connectivity index (χ1v) is 6.80. The number of hydrogen-bond donors (Lipinski definition) is 2. The van der Waals surface area contributed by atoms with Crippen LogP contribution in [0.25, 0.3) is 0 Å². The van der Waals surface area contributed by atoms with Crippen molar-refractivity contribution in [3.05, 3.63) is 35.4 Å². The van der Waals surface area contributed by atoms with Gasteiger partial charge in [-0.25, -0.2) is 4.79 Å². The summed E-state index contributed by atoms with van der Waals surface area (Å²) in [5, 5.41) is 5.07. The van der Waals surface area contributed by atoms with Gasteiger partial charge in [0, 0.05) is 0 Å². The first kappa shape index (κ1) is 15.6. The second-order valence-corrected chi connectivity index (χ2v) is 5.29. The number of carbonyl (C=O) groups is 3. The van der Waals surface area contributed by atoms with Gasteiger partial charge < -0.3 is 10.6 Å². The molecule has 6 nitrogen and oxygen atoms in total. The van der Waals surface area contributed by atoms with Crippen LogP contribution in [0.4, 0.5) is 4.79 Å². The number of amides is 4. The Balaban J connectivity index is 2.19. The van der Waals surface area contributed by atoms with E-state index in [0.717, 1.165) is 10.5 Å². The maximum Gasteiger partial charge on any atom is 0.325 e.